The minimum atomic E-state index is -1.55. The van der Waals surface area contributed by atoms with E-state index in [1.807, 2.05) is 24.3 Å². The third kappa shape index (κ3) is 1.96. The fourth-order valence-electron chi connectivity index (χ4n) is 1.27. The molecule has 0 aliphatic heterocycles. The molecule has 0 spiro atoms. The Hall–Kier alpha value is -1.29. The van der Waals surface area contributed by atoms with E-state index in [0.29, 0.717) is 6.01 Å². The number of hydrogen-bond donors (Lipinski definition) is 1. The second-order valence-electron chi connectivity index (χ2n) is 4.27. The summed E-state index contributed by atoms with van der Waals surface area (Å²) < 4.78 is 5.76. The number of aromatic nitrogens is 2. The zero-order valence-corrected chi connectivity index (χ0v) is 9.66. The third-order valence-corrected chi connectivity index (χ3v) is 2.58. The van der Waals surface area contributed by atoms with Crippen molar-refractivity contribution in [2.24, 2.45) is 0 Å². The van der Waals surface area contributed by atoms with Crippen LogP contribution in [0.15, 0.2) is 24.3 Å². The van der Waals surface area contributed by atoms with Crippen molar-refractivity contribution < 1.29 is 4.43 Å². The smallest absolute Gasteiger partial charge is 0.280 e. The predicted molar refractivity (Wildman–Crippen MR) is 60.1 cm³/mol. The molecule has 0 atom stereocenters. The molecule has 0 fully saturated rings. The number of nitrogens with one attached hydrogen (secondary N) is 1. The number of hydrogen-bond acceptors (Lipinski definition) is 2. The van der Waals surface area contributed by atoms with Crippen LogP contribution in [0.3, 0.4) is 0 Å². The lowest BCUT2D eigenvalue weighted by atomic mass is 10.3. The molecular formula is C10H14N2OSi. The Morgan fingerprint density at radius 2 is 1.93 bits per heavy atom. The van der Waals surface area contributed by atoms with Crippen LogP contribution in [0.1, 0.15) is 0 Å². The topological polar surface area (TPSA) is 37.9 Å². The molecular weight excluding hydrogens is 192 g/mol. The Balaban J connectivity index is 2.36. The molecule has 2 aromatic rings. The summed E-state index contributed by atoms with van der Waals surface area (Å²) in [6.07, 6.45) is 0. The van der Waals surface area contributed by atoms with Crippen LogP contribution >= 0.6 is 0 Å². The minimum Gasteiger partial charge on any atom is -0.519 e. The third-order valence-electron chi connectivity index (χ3n) is 1.77. The Bertz CT molecular complexity index is 412. The van der Waals surface area contributed by atoms with Gasteiger partial charge in [-0.15, -0.1) is 0 Å². The molecule has 0 amide bonds. The van der Waals surface area contributed by atoms with E-state index in [0.717, 1.165) is 11.0 Å². The molecule has 2 rings (SSSR count). The van der Waals surface area contributed by atoms with E-state index in [4.69, 9.17) is 4.43 Å². The summed E-state index contributed by atoms with van der Waals surface area (Å²) in [5, 5.41) is 0. The molecule has 0 saturated carbocycles. The van der Waals surface area contributed by atoms with E-state index in [2.05, 4.69) is 29.6 Å². The van der Waals surface area contributed by atoms with Gasteiger partial charge >= 0.3 is 0 Å². The van der Waals surface area contributed by atoms with Crippen molar-refractivity contribution in [1.29, 1.82) is 0 Å². The molecule has 1 heterocycles. The van der Waals surface area contributed by atoms with Crippen LogP contribution in [0, 0.1) is 0 Å². The molecule has 14 heavy (non-hydrogen) atoms. The van der Waals surface area contributed by atoms with E-state index >= 15 is 0 Å². The van der Waals surface area contributed by atoms with Gasteiger partial charge in [-0.1, -0.05) is 12.1 Å². The summed E-state index contributed by atoms with van der Waals surface area (Å²) >= 11 is 0. The van der Waals surface area contributed by atoms with Crippen molar-refractivity contribution in [2.75, 3.05) is 0 Å². The monoisotopic (exact) mass is 206 g/mol. The minimum absolute atomic E-state index is 0.644. The maximum Gasteiger partial charge on any atom is 0.280 e. The molecule has 0 bridgehead atoms. The zero-order chi connectivity index (χ0) is 10.2. The van der Waals surface area contributed by atoms with E-state index in [-0.39, 0.29) is 0 Å². The second kappa shape index (κ2) is 3.13. The van der Waals surface area contributed by atoms with Crippen molar-refractivity contribution in [3.05, 3.63) is 24.3 Å². The lowest BCUT2D eigenvalue weighted by Crippen LogP contribution is -2.29. The number of nitrogens with zero attached hydrogens (tertiary/aromatic N) is 1. The molecule has 0 radical (unpaired) electrons. The van der Waals surface area contributed by atoms with Gasteiger partial charge in [-0.05, 0) is 31.8 Å². The lowest BCUT2D eigenvalue weighted by Gasteiger charge is -2.15. The van der Waals surface area contributed by atoms with Crippen LogP contribution in [0.5, 0.6) is 6.01 Å². The van der Waals surface area contributed by atoms with Crippen LogP contribution in [0.25, 0.3) is 11.0 Å². The van der Waals surface area contributed by atoms with Crippen molar-refractivity contribution in [1.82, 2.24) is 9.97 Å². The summed E-state index contributed by atoms with van der Waals surface area (Å²) in [4.78, 5) is 7.51. The number of rotatable bonds is 2. The lowest BCUT2D eigenvalue weighted by molar-refractivity contribution is 0.518. The van der Waals surface area contributed by atoms with E-state index in [1.165, 1.54) is 0 Å². The Morgan fingerprint density at radius 1 is 1.21 bits per heavy atom. The maximum absolute atomic E-state index is 5.76. The SMILES string of the molecule is C[Si](C)(C)Oc1nc2ccccc2[nH]1. The quantitative estimate of drug-likeness (QED) is 0.767. The van der Waals surface area contributed by atoms with Crippen molar-refractivity contribution in [2.45, 2.75) is 19.6 Å². The second-order valence-corrected chi connectivity index (χ2v) is 8.70. The average molecular weight is 206 g/mol. The molecule has 1 N–H and O–H groups in total. The fourth-order valence-corrected chi connectivity index (χ4v) is 1.94. The predicted octanol–water partition coefficient (Wildman–Crippen LogP) is 2.78. The molecule has 1 aromatic carbocycles. The van der Waals surface area contributed by atoms with Crippen molar-refractivity contribution >= 4 is 19.4 Å². The zero-order valence-electron chi connectivity index (χ0n) is 8.66. The van der Waals surface area contributed by atoms with Crippen LogP contribution in [0.4, 0.5) is 0 Å². The van der Waals surface area contributed by atoms with Gasteiger partial charge in [-0.2, -0.15) is 4.98 Å². The van der Waals surface area contributed by atoms with Crippen LogP contribution in [0.2, 0.25) is 19.6 Å². The van der Waals surface area contributed by atoms with Gasteiger partial charge in [-0.3, -0.25) is 0 Å². The first-order valence-electron chi connectivity index (χ1n) is 4.68. The summed E-state index contributed by atoms with van der Waals surface area (Å²) in [6.45, 7) is 6.42. The summed E-state index contributed by atoms with van der Waals surface area (Å²) in [7, 11) is -1.55. The highest BCUT2D eigenvalue weighted by Crippen LogP contribution is 2.17. The molecule has 74 valence electrons. The summed E-state index contributed by atoms with van der Waals surface area (Å²) in [5.41, 5.74) is 1.99. The highest BCUT2D eigenvalue weighted by molar-refractivity contribution is 6.70. The number of H-pyrrole nitrogens is 1. The Kier molecular flexibility index (Phi) is 2.07. The first-order valence-corrected chi connectivity index (χ1v) is 8.09. The molecule has 4 heteroatoms. The number of fused-ring (bicyclic) bond motifs is 1. The maximum atomic E-state index is 5.76. The van der Waals surface area contributed by atoms with Gasteiger partial charge < -0.3 is 9.41 Å². The van der Waals surface area contributed by atoms with Crippen molar-refractivity contribution in [3.8, 4) is 6.01 Å². The number of imidazole rings is 1. The number of para-hydroxylation sites is 2. The van der Waals surface area contributed by atoms with E-state index < -0.39 is 8.32 Å². The molecule has 0 unspecified atom stereocenters. The van der Waals surface area contributed by atoms with Gasteiger partial charge in [0.05, 0.1) is 11.0 Å². The van der Waals surface area contributed by atoms with Gasteiger partial charge in [0.1, 0.15) is 0 Å². The standard InChI is InChI=1S/C10H14N2OSi/c1-14(2,3)13-10-11-8-6-4-5-7-9(8)12-10/h4-7H,1-3H3,(H,11,12). The van der Waals surface area contributed by atoms with E-state index in [1.54, 1.807) is 0 Å². The highest BCUT2D eigenvalue weighted by atomic mass is 28.4. The molecule has 0 saturated heterocycles. The van der Waals surface area contributed by atoms with Gasteiger partial charge in [0.2, 0.25) is 8.32 Å². The Morgan fingerprint density at radius 3 is 2.57 bits per heavy atom. The highest BCUT2D eigenvalue weighted by Gasteiger charge is 2.18. The summed E-state index contributed by atoms with van der Waals surface area (Å²) in [5.74, 6) is 0. The van der Waals surface area contributed by atoms with Crippen molar-refractivity contribution in [3.63, 3.8) is 0 Å². The van der Waals surface area contributed by atoms with Gasteiger partial charge in [0.25, 0.3) is 6.01 Å². The van der Waals surface area contributed by atoms with Gasteiger partial charge in [-0.25, -0.2) is 0 Å². The first kappa shape index (κ1) is 9.27. The molecule has 0 aliphatic rings. The normalized spacial score (nSPS) is 11.9. The Labute approximate surface area is 84.3 Å². The average Bonchev–Trinajstić information content (AvgIpc) is 2.42. The summed E-state index contributed by atoms with van der Waals surface area (Å²) in [6, 6.07) is 8.58. The molecule has 3 nitrogen and oxygen atoms in total. The van der Waals surface area contributed by atoms with E-state index in [9.17, 15) is 0 Å². The van der Waals surface area contributed by atoms with Crippen LogP contribution in [-0.4, -0.2) is 18.3 Å². The first-order chi connectivity index (χ1) is 6.54. The van der Waals surface area contributed by atoms with Crippen LogP contribution < -0.4 is 4.43 Å². The van der Waals surface area contributed by atoms with Gasteiger partial charge in [0.15, 0.2) is 0 Å². The fraction of sp³-hybridized carbons (Fsp3) is 0.300. The van der Waals surface area contributed by atoms with Gasteiger partial charge in [0, 0.05) is 0 Å². The number of benzene rings is 1. The molecule has 0 aliphatic carbocycles. The molecule has 1 aromatic heterocycles. The largest absolute Gasteiger partial charge is 0.519 e. The van der Waals surface area contributed by atoms with Crippen LogP contribution in [-0.2, 0) is 0 Å². The number of aromatic amines is 1.